The zero-order valence-electron chi connectivity index (χ0n) is 11.8. The van der Waals surface area contributed by atoms with Crippen LogP contribution in [0.3, 0.4) is 0 Å². The molecule has 0 aliphatic rings. The molecule has 0 aliphatic carbocycles. The standard InChI is InChI=1S/C17H16N2O2/c1-12-2-5-14(6-3-12)17(20)18-9-8-13-4-7-16-15(10-13)19-11-21-16/h2-7,10-11H,8-9H2,1H3,(H,18,20). The van der Waals surface area contributed by atoms with Gasteiger partial charge in [-0.25, -0.2) is 4.98 Å². The molecule has 0 unspecified atom stereocenters. The van der Waals surface area contributed by atoms with E-state index in [0.717, 1.165) is 28.6 Å². The van der Waals surface area contributed by atoms with Crippen molar-refractivity contribution < 1.29 is 9.21 Å². The molecule has 1 amide bonds. The molecule has 0 radical (unpaired) electrons. The summed E-state index contributed by atoms with van der Waals surface area (Å²) in [7, 11) is 0. The molecule has 1 heterocycles. The van der Waals surface area contributed by atoms with Crippen molar-refractivity contribution in [3.63, 3.8) is 0 Å². The summed E-state index contributed by atoms with van der Waals surface area (Å²) in [5.41, 5.74) is 4.58. The first-order valence-electron chi connectivity index (χ1n) is 6.89. The zero-order valence-corrected chi connectivity index (χ0v) is 11.8. The summed E-state index contributed by atoms with van der Waals surface area (Å²) in [6.45, 7) is 2.60. The fourth-order valence-electron chi connectivity index (χ4n) is 2.19. The number of hydrogen-bond acceptors (Lipinski definition) is 3. The third-order valence-corrected chi connectivity index (χ3v) is 3.41. The van der Waals surface area contributed by atoms with Crippen molar-refractivity contribution in [2.45, 2.75) is 13.3 Å². The second-order valence-corrected chi connectivity index (χ2v) is 5.03. The molecule has 4 heteroatoms. The molecule has 0 spiro atoms. The number of aromatic nitrogens is 1. The van der Waals surface area contributed by atoms with Gasteiger partial charge in [0.25, 0.3) is 5.91 Å². The molecule has 3 rings (SSSR count). The molecule has 4 nitrogen and oxygen atoms in total. The SMILES string of the molecule is Cc1ccc(C(=O)NCCc2ccc3ocnc3c2)cc1. The van der Waals surface area contributed by atoms with E-state index in [4.69, 9.17) is 4.42 Å². The largest absolute Gasteiger partial charge is 0.443 e. The van der Waals surface area contributed by atoms with Crippen LogP contribution >= 0.6 is 0 Å². The number of nitrogens with one attached hydrogen (secondary N) is 1. The summed E-state index contributed by atoms with van der Waals surface area (Å²) < 4.78 is 5.20. The number of oxazole rings is 1. The summed E-state index contributed by atoms with van der Waals surface area (Å²) in [4.78, 5) is 16.1. The van der Waals surface area contributed by atoms with Gasteiger partial charge in [0, 0.05) is 12.1 Å². The van der Waals surface area contributed by atoms with Gasteiger partial charge >= 0.3 is 0 Å². The van der Waals surface area contributed by atoms with E-state index in [1.165, 1.54) is 6.39 Å². The lowest BCUT2D eigenvalue weighted by Gasteiger charge is -2.05. The van der Waals surface area contributed by atoms with E-state index in [2.05, 4.69) is 10.3 Å². The molecule has 2 aromatic carbocycles. The Kier molecular flexibility index (Phi) is 3.69. The van der Waals surface area contributed by atoms with E-state index in [1.807, 2.05) is 49.4 Å². The molecule has 0 bridgehead atoms. The first-order chi connectivity index (χ1) is 10.2. The van der Waals surface area contributed by atoms with Gasteiger partial charge in [-0.15, -0.1) is 0 Å². The second-order valence-electron chi connectivity index (χ2n) is 5.03. The number of nitrogens with zero attached hydrogens (tertiary/aromatic N) is 1. The van der Waals surface area contributed by atoms with Gasteiger partial charge in [0.05, 0.1) is 0 Å². The first kappa shape index (κ1) is 13.4. The Morgan fingerprint density at radius 1 is 1.19 bits per heavy atom. The molecule has 1 aromatic heterocycles. The van der Waals surface area contributed by atoms with Crippen molar-refractivity contribution in [3.05, 3.63) is 65.5 Å². The molecule has 3 aromatic rings. The number of aryl methyl sites for hydroxylation is 1. The molecule has 21 heavy (non-hydrogen) atoms. The van der Waals surface area contributed by atoms with Crippen molar-refractivity contribution in [2.24, 2.45) is 0 Å². The van der Waals surface area contributed by atoms with E-state index in [0.29, 0.717) is 12.1 Å². The van der Waals surface area contributed by atoms with Crippen molar-refractivity contribution in [3.8, 4) is 0 Å². The summed E-state index contributed by atoms with van der Waals surface area (Å²) in [5.74, 6) is -0.0440. The minimum Gasteiger partial charge on any atom is -0.443 e. The van der Waals surface area contributed by atoms with Crippen molar-refractivity contribution in [1.82, 2.24) is 10.3 Å². The monoisotopic (exact) mass is 280 g/mol. The lowest BCUT2D eigenvalue weighted by Crippen LogP contribution is -2.25. The van der Waals surface area contributed by atoms with E-state index in [-0.39, 0.29) is 5.91 Å². The van der Waals surface area contributed by atoms with E-state index in [1.54, 1.807) is 0 Å². The number of hydrogen-bond donors (Lipinski definition) is 1. The van der Waals surface area contributed by atoms with Gasteiger partial charge in [-0.2, -0.15) is 0 Å². The maximum Gasteiger partial charge on any atom is 0.251 e. The maximum absolute atomic E-state index is 12.0. The number of amides is 1. The molecule has 0 atom stereocenters. The lowest BCUT2D eigenvalue weighted by molar-refractivity contribution is 0.0954. The van der Waals surface area contributed by atoms with E-state index in [9.17, 15) is 4.79 Å². The number of fused-ring (bicyclic) bond motifs is 1. The highest BCUT2D eigenvalue weighted by Crippen LogP contribution is 2.14. The maximum atomic E-state index is 12.0. The van der Waals surface area contributed by atoms with Crippen LogP contribution in [0.2, 0.25) is 0 Å². The smallest absolute Gasteiger partial charge is 0.251 e. The van der Waals surface area contributed by atoms with Crippen LogP contribution in [0.4, 0.5) is 0 Å². The topological polar surface area (TPSA) is 55.1 Å². The number of benzene rings is 2. The Bertz CT molecular complexity index is 760. The predicted molar refractivity (Wildman–Crippen MR) is 81.2 cm³/mol. The normalized spacial score (nSPS) is 10.7. The highest BCUT2D eigenvalue weighted by atomic mass is 16.3. The lowest BCUT2D eigenvalue weighted by atomic mass is 10.1. The highest BCUT2D eigenvalue weighted by molar-refractivity contribution is 5.94. The van der Waals surface area contributed by atoms with Crippen LogP contribution < -0.4 is 5.32 Å². The minimum absolute atomic E-state index is 0.0440. The third-order valence-electron chi connectivity index (χ3n) is 3.41. The molecule has 0 saturated carbocycles. The summed E-state index contributed by atoms with van der Waals surface area (Å²) in [6, 6.07) is 13.4. The second kappa shape index (κ2) is 5.79. The predicted octanol–water partition coefficient (Wildman–Crippen LogP) is 3.11. The van der Waals surface area contributed by atoms with Crippen LogP contribution in [0, 0.1) is 6.92 Å². The van der Waals surface area contributed by atoms with Gasteiger partial charge in [0.1, 0.15) is 5.52 Å². The fourth-order valence-corrected chi connectivity index (χ4v) is 2.19. The summed E-state index contributed by atoms with van der Waals surface area (Å²) >= 11 is 0. The van der Waals surface area contributed by atoms with Crippen LogP contribution in [-0.2, 0) is 6.42 Å². The van der Waals surface area contributed by atoms with Gasteiger partial charge in [-0.1, -0.05) is 23.8 Å². The van der Waals surface area contributed by atoms with Gasteiger partial charge < -0.3 is 9.73 Å². The van der Waals surface area contributed by atoms with E-state index >= 15 is 0 Å². The molecule has 1 N–H and O–H groups in total. The van der Waals surface area contributed by atoms with Crippen molar-refractivity contribution in [1.29, 1.82) is 0 Å². The van der Waals surface area contributed by atoms with Crippen LogP contribution in [0.1, 0.15) is 21.5 Å². The van der Waals surface area contributed by atoms with Crippen molar-refractivity contribution in [2.75, 3.05) is 6.54 Å². The van der Waals surface area contributed by atoms with Gasteiger partial charge in [-0.05, 0) is 43.2 Å². The average Bonchev–Trinajstić information content (AvgIpc) is 2.95. The van der Waals surface area contributed by atoms with Crippen molar-refractivity contribution >= 4 is 17.0 Å². The molecular weight excluding hydrogens is 264 g/mol. The van der Waals surface area contributed by atoms with Gasteiger partial charge in [0.15, 0.2) is 12.0 Å². The third kappa shape index (κ3) is 3.11. The average molecular weight is 280 g/mol. The Hall–Kier alpha value is -2.62. The van der Waals surface area contributed by atoms with Crippen LogP contribution in [0.25, 0.3) is 11.1 Å². The summed E-state index contributed by atoms with van der Waals surface area (Å²) in [6.07, 6.45) is 2.20. The fraction of sp³-hybridized carbons (Fsp3) is 0.176. The summed E-state index contributed by atoms with van der Waals surface area (Å²) in [5, 5.41) is 2.93. The highest BCUT2D eigenvalue weighted by Gasteiger charge is 2.05. The molecular formula is C17H16N2O2. The number of rotatable bonds is 4. The van der Waals surface area contributed by atoms with E-state index < -0.39 is 0 Å². The van der Waals surface area contributed by atoms with Crippen LogP contribution in [0.15, 0.2) is 53.3 Å². The van der Waals surface area contributed by atoms with Gasteiger partial charge in [0.2, 0.25) is 0 Å². The molecule has 0 aliphatic heterocycles. The Labute approximate surface area is 122 Å². The number of carbonyl (C=O) groups excluding carboxylic acids is 1. The Morgan fingerprint density at radius 2 is 2.00 bits per heavy atom. The quantitative estimate of drug-likeness (QED) is 0.799. The van der Waals surface area contributed by atoms with Crippen LogP contribution in [-0.4, -0.2) is 17.4 Å². The van der Waals surface area contributed by atoms with Crippen LogP contribution in [0.5, 0.6) is 0 Å². The minimum atomic E-state index is -0.0440. The molecule has 0 saturated heterocycles. The zero-order chi connectivity index (χ0) is 14.7. The molecule has 0 fully saturated rings. The Balaban J connectivity index is 1.57. The molecule has 106 valence electrons. The first-order valence-corrected chi connectivity index (χ1v) is 6.89. The number of carbonyl (C=O) groups is 1. The van der Waals surface area contributed by atoms with Gasteiger partial charge in [-0.3, -0.25) is 4.79 Å². The Morgan fingerprint density at radius 3 is 2.81 bits per heavy atom.